The summed E-state index contributed by atoms with van der Waals surface area (Å²) < 4.78 is 0. The first-order valence-corrected chi connectivity index (χ1v) is 4.98. The van der Waals surface area contributed by atoms with E-state index in [0.29, 0.717) is 17.9 Å². The van der Waals surface area contributed by atoms with Gasteiger partial charge in [0.1, 0.15) is 0 Å². The molecular weight excluding hydrogens is 150 g/mol. The van der Waals surface area contributed by atoms with Crippen molar-refractivity contribution in [3.63, 3.8) is 0 Å². The van der Waals surface area contributed by atoms with Gasteiger partial charge in [0.25, 0.3) is 0 Å². The number of hydrogen-bond donors (Lipinski definition) is 1. The van der Waals surface area contributed by atoms with Crippen LogP contribution in [0.2, 0.25) is 0 Å². The lowest BCUT2D eigenvalue weighted by Crippen LogP contribution is -2.41. The zero-order valence-electron chi connectivity index (χ0n) is 7.84. The first-order chi connectivity index (χ1) is 5.68. The van der Waals surface area contributed by atoms with Crippen molar-refractivity contribution in [2.75, 3.05) is 0 Å². The number of hydrogen-bond acceptors (Lipinski definition) is 1. The van der Waals surface area contributed by atoms with E-state index in [2.05, 4.69) is 19.2 Å². The highest BCUT2D eigenvalue weighted by Crippen LogP contribution is 2.38. The van der Waals surface area contributed by atoms with Crippen molar-refractivity contribution in [3.8, 4) is 0 Å². The van der Waals surface area contributed by atoms with Gasteiger partial charge in [-0.05, 0) is 24.2 Å². The average molecular weight is 167 g/mol. The molecule has 1 saturated heterocycles. The smallest absolute Gasteiger partial charge is 0.220 e. The summed E-state index contributed by atoms with van der Waals surface area (Å²) in [6.07, 6.45) is 3.33. The van der Waals surface area contributed by atoms with Crippen LogP contribution in [-0.2, 0) is 4.79 Å². The summed E-state index contributed by atoms with van der Waals surface area (Å²) in [5.74, 6) is 2.37. The van der Waals surface area contributed by atoms with Gasteiger partial charge in [-0.25, -0.2) is 0 Å². The van der Waals surface area contributed by atoms with Gasteiger partial charge in [0.2, 0.25) is 5.91 Å². The third kappa shape index (κ3) is 1.13. The van der Waals surface area contributed by atoms with Crippen molar-refractivity contribution in [1.82, 2.24) is 5.32 Å². The maximum absolute atomic E-state index is 11.2. The van der Waals surface area contributed by atoms with Gasteiger partial charge in [0.05, 0.1) is 0 Å². The summed E-state index contributed by atoms with van der Waals surface area (Å²) in [6, 6.07) is 0.487. The molecule has 12 heavy (non-hydrogen) atoms. The Labute approximate surface area is 73.7 Å². The Hall–Kier alpha value is -0.530. The Bertz CT molecular complexity index is 202. The predicted octanol–water partition coefficient (Wildman–Crippen LogP) is 1.56. The minimum Gasteiger partial charge on any atom is -0.353 e. The number of carbonyl (C=O) groups is 1. The zero-order valence-corrected chi connectivity index (χ0v) is 7.84. The van der Waals surface area contributed by atoms with Crippen molar-refractivity contribution in [2.45, 2.75) is 39.2 Å². The normalized spacial score (nSPS) is 47.0. The van der Waals surface area contributed by atoms with E-state index >= 15 is 0 Å². The molecular formula is C10H17NO. The Morgan fingerprint density at radius 2 is 2.08 bits per heavy atom. The van der Waals surface area contributed by atoms with Crippen LogP contribution in [0.1, 0.15) is 33.1 Å². The molecule has 0 aromatic heterocycles. The van der Waals surface area contributed by atoms with Crippen LogP contribution in [0.5, 0.6) is 0 Å². The van der Waals surface area contributed by atoms with Crippen LogP contribution < -0.4 is 5.32 Å². The van der Waals surface area contributed by atoms with Crippen molar-refractivity contribution >= 4 is 5.91 Å². The fraction of sp³-hybridized carbons (Fsp3) is 0.900. The molecule has 1 aliphatic heterocycles. The molecule has 0 bridgehead atoms. The maximum Gasteiger partial charge on any atom is 0.220 e. The lowest BCUT2D eigenvalue weighted by molar-refractivity contribution is -0.119. The molecule has 0 aromatic rings. The minimum atomic E-state index is 0.269. The number of carbonyl (C=O) groups excluding carboxylic acids is 1. The highest BCUT2D eigenvalue weighted by Gasteiger charge is 2.40. The second-order valence-electron chi connectivity index (χ2n) is 4.47. The zero-order chi connectivity index (χ0) is 8.72. The third-order valence-corrected chi connectivity index (χ3v) is 3.74. The van der Waals surface area contributed by atoms with E-state index in [-0.39, 0.29) is 5.91 Å². The molecule has 2 rings (SSSR count). The lowest BCUT2D eigenvalue weighted by atomic mass is 9.73. The molecule has 0 radical (unpaired) electrons. The van der Waals surface area contributed by atoms with Crippen LogP contribution in [0.15, 0.2) is 0 Å². The quantitative estimate of drug-likeness (QED) is 0.583. The van der Waals surface area contributed by atoms with Crippen molar-refractivity contribution in [2.24, 2.45) is 17.8 Å². The molecule has 4 atom stereocenters. The van der Waals surface area contributed by atoms with Gasteiger partial charge in [-0.2, -0.15) is 0 Å². The van der Waals surface area contributed by atoms with E-state index in [0.717, 1.165) is 12.3 Å². The van der Waals surface area contributed by atoms with Gasteiger partial charge in [0, 0.05) is 12.5 Å². The molecule has 2 unspecified atom stereocenters. The lowest BCUT2D eigenvalue weighted by Gasteiger charge is -2.35. The number of rotatable bonds is 0. The highest BCUT2D eigenvalue weighted by atomic mass is 16.2. The van der Waals surface area contributed by atoms with E-state index in [1.165, 1.54) is 12.8 Å². The van der Waals surface area contributed by atoms with E-state index in [1.54, 1.807) is 0 Å². The van der Waals surface area contributed by atoms with E-state index in [1.807, 2.05) is 0 Å². The van der Waals surface area contributed by atoms with E-state index in [9.17, 15) is 4.79 Å². The fourth-order valence-electron chi connectivity index (χ4n) is 2.66. The van der Waals surface area contributed by atoms with Crippen molar-refractivity contribution in [1.29, 1.82) is 0 Å². The first-order valence-electron chi connectivity index (χ1n) is 4.98. The molecule has 1 heterocycles. The Morgan fingerprint density at radius 1 is 1.33 bits per heavy atom. The van der Waals surface area contributed by atoms with Crippen LogP contribution >= 0.6 is 0 Å². The van der Waals surface area contributed by atoms with Gasteiger partial charge in [0.15, 0.2) is 0 Å². The SMILES string of the molecule is C[C@@H]1C2NC(=O)CC2CC[C@@H]1C. The van der Waals surface area contributed by atoms with Gasteiger partial charge in [-0.15, -0.1) is 0 Å². The molecule has 1 amide bonds. The molecule has 0 spiro atoms. The summed E-state index contributed by atoms with van der Waals surface area (Å²) in [5.41, 5.74) is 0. The highest BCUT2D eigenvalue weighted by molar-refractivity contribution is 5.79. The molecule has 0 aromatic carbocycles. The standard InChI is InChI=1S/C10H17NO/c1-6-3-4-8-5-9(12)11-10(8)7(6)2/h6-8,10H,3-5H2,1-2H3,(H,11,12)/t6-,7-,8?,10?/m0/s1. The van der Waals surface area contributed by atoms with Crippen LogP contribution in [0, 0.1) is 17.8 Å². The maximum atomic E-state index is 11.2. The second-order valence-corrected chi connectivity index (χ2v) is 4.47. The molecule has 1 saturated carbocycles. The molecule has 2 nitrogen and oxygen atoms in total. The largest absolute Gasteiger partial charge is 0.353 e. The molecule has 2 fully saturated rings. The van der Waals surface area contributed by atoms with Gasteiger partial charge in [-0.3, -0.25) is 4.79 Å². The summed E-state index contributed by atoms with van der Waals surface area (Å²) in [4.78, 5) is 11.2. The van der Waals surface area contributed by atoms with Crippen molar-refractivity contribution < 1.29 is 4.79 Å². The van der Waals surface area contributed by atoms with Crippen molar-refractivity contribution in [3.05, 3.63) is 0 Å². The molecule has 68 valence electrons. The topological polar surface area (TPSA) is 29.1 Å². The Morgan fingerprint density at radius 3 is 2.83 bits per heavy atom. The van der Waals surface area contributed by atoms with Crippen LogP contribution in [0.4, 0.5) is 0 Å². The van der Waals surface area contributed by atoms with Crippen LogP contribution in [-0.4, -0.2) is 11.9 Å². The molecule has 1 N–H and O–H groups in total. The summed E-state index contributed by atoms with van der Waals surface area (Å²) in [6.45, 7) is 4.57. The van der Waals surface area contributed by atoms with Gasteiger partial charge in [-0.1, -0.05) is 20.3 Å². The molecule has 2 heteroatoms. The molecule has 2 aliphatic rings. The predicted molar refractivity (Wildman–Crippen MR) is 47.6 cm³/mol. The number of amides is 1. The Kier molecular flexibility index (Phi) is 1.85. The summed E-state index contributed by atoms with van der Waals surface area (Å²) >= 11 is 0. The average Bonchev–Trinajstić information content (AvgIpc) is 2.39. The third-order valence-electron chi connectivity index (χ3n) is 3.74. The summed E-state index contributed by atoms with van der Waals surface area (Å²) in [5, 5.41) is 3.10. The second kappa shape index (κ2) is 2.75. The van der Waals surface area contributed by atoms with E-state index < -0.39 is 0 Å². The minimum absolute atomic E-state index is 0.269. The first kappa shape index (κ1) is 8.09. The van der Waals surface area contributed by atoms with E-state index in [4.69, 9.17) is 0 Å². The number of fused-ring (bicyclic) bond motifs is 1. The number of nitrogens with one attached hydrogen (secondary N) is 1. The fourth-order valence-corrected chi connectivity index (χ4v) is 2.66. The monoisotopic (exact) mass is 167 g/mol. The summed E-state index contributed by atoms with van der Waals surface area (Å²) in [7, 11) is 0. The molecule has 1 aliphatic carbocycles. The van der Waals surface area contributed by atoms with Gasteiger partial charge >= 0.3 is 0 Å². The Balaban J connectivity index is 2.11. The van der Waals surface area contributed by atoms with Crippen LogP contribution in [0.3, 0.4) is 0 Å². The van der Waals surface area contributed by atoms with Gasteiger partial charge < -0.3 is 5.32 Å². The van der Waals surface area contributed by atoms with Crippen LogP contribution in [0.25, 0.3) is 0 Å².